The lowest BCUT2D eigenvalue weighted by Gasteiger charge is -2.12. The van der Waals surface area contributed by atoms with E-state index in [1.54, 1.807) is 6.92 Å². The van der Waals surface area contributed by atoms with Crippen LogP contribution in [0.25, 0.3) is 0 Å². The Hall–Kier alpha value is -1.02. The molecule has 0 heterocycles. The molecule has 18 heavy (non-hydrogen) atoms. The Morgan fingerprint density at radius 3 is 2.67 bits per heavy atom. The first-order chi connectivity index (χ1) is 8.40. The molecule has 102 valence electrons. The highest BCUT2D eigenvalue weighted by Gasteiger charge is 2.19. The van der Waals surface area contributed by atoms with Crippen LogP contribution in [0.4, 0.5) is 4.39 Å². The van der Waals surface area contributed by atoms with Crippen molar-refractivity contribution in [2.45, 2.75) is 24.5 Å². The van der Waals surface area contributed by atoms with Crippen molar-refractivity contribution in [1.29, 1.82) is 0 Å². The molecular formula is C11H16FNO4S. The lowest BCUT2D eigenvalue weighted by Crippen LogP contribution is -2.32. The van der Waals surface area contributed by atoms with E-state index in [1.165, 1.54) is 13.2 Å². The Kier molecular flexibility index (Phi) is 5.21. The number of benzene rings is 1. The quantitative estimate of drug-likeness (QED) is 0.799. The van der Waals surface area contributed by atoms with Crippen molar-refractivity contribution < 1.29 is 22.7 Å². The van der Waals surface area contributed by atoms with E-state index in [0.717, 1.165) is 12.1 Å². The van der Waals surface area contributed by atoms with Gasteiger partial charge in [-0.25, -0.2) is 17.5 Å². The summed E-state index contributed by atoms with van der Waals surface area (Å²) in [5.41, 5.74) is 0.316. The van der Waals surface area contributed by atoms with Crippen LogP contribution in [0.5, 0.6) is 0 Å². The van der Waals surface area contributed by atoms with E-state index in [2.05, 4.69) is 4.72 Å². The molecule has 1 atom stereocenters. The van der Waals surface area contributed by atoms with Crippen LogP contribution in [0, 0.1) is 5.82 Å². The molecule has 0 aliphatic heterocycles. The largest absolute Gasteiger partial charge is 0.392 e. The van der Waals surface area contributed by atoms with Crippen LogP contribution in [-0.2, 0) is 21.4 Å². The number of hydrogen-bond donors (Lipinski definition) is 2. The van der Waals surface area contributed by atoms with Crippen molar-refractivity contribution in [3.8, 4) is 0 Å². The van der Waals surface area contributed by atoms with Gasteiger partial charge in [-0.05, 0) is 24.6 Å². The van der Waals surface area contributed by atoms with E-state index in [0.29, 0.717) is 5.56 Å². The average molecular weight is 277 g/mol. The molecule has 0 aliphatic rings. The maximum Gasteiger partial charge on any atom is 0.243 e. The summed E-state index contributed by atoms with van der Waals surface area (Å²) in [6.07, 6.45) is -0.306. The smallest absolute Gasteiger partial charge is 0.243 e. The van der Waals surface area contributed by atoms with E-state index in [4.69, 9.17) is 9.84 Å². The molecule has 1 rings (SSSR count). The minimum absolute atomic E-state index is 0.0556. The van der Waals surface area contributed by atoms with Gasteiger partial charge in [0.2, 0.25) is 10.0 Å². The van der Waals surface area contributed by atoms with Crippen molar-refractivity contribution in [2.75, 3.05) is 13.7 Å². The summed E-state index contributed by atoms with van der Waals surface area (Å²) in [6.45, 7) is 1.40. The number of methoxy groups -OCH3 is 1. The van der Waals surface area contributed by atoms with Gasteiger partial charge < -0.3 is 9.84 Å². The minimum atomic E-state index is -3.91. The fourth-order valence-corrected chi connectivity index (χ4v) is 2.42. The van der Waals surface area contributed by atoms with Gasteiger partial charge >= 0.3 is 0 Å². The van der Waals surface area contributed by atoms with Gasteiger partial charge in [-0.2, -0.15) is 0 Å². The number of aliphatic hydroxyl groups is 1. The van der Waals surface area contributed by atoms with Crippen LogP contribution in [-0.4, -0.2) is 33.3 Å². The predicted octanol–water partition coefficient (Wildman–Crippen LogP) is 0.631. The summed E-state index contributed by atoms with van der Waals surface area (Å²) >= 11 is 0. The number of hydrogen-bond acceptors (Lipinski definition) is 4. The molecule has 0 radical (unpaired) electrons. The zero-order valence-corrected chi connectivity index (χ0v) is 11.0. The topological polar surface area (TPSA) is 75.6 Å². The van der Waals surface area contributed by atoms with Crippen molar-refractivity contribution in [2.24, 2.45) is 0 Å². The molecular weight excluding hydrogens is 261 g/mol. The van der Waals surface area contributed by atoms with Gasteiger partial charge in [0.1, 0.15) is 10.7 Å². The number of rotatable bonds is 6. The Morgan fingerprint density at radius 1 is 1.50 bits per heavy atom. The third-order valence-electron chi connectivity index (χ3n) is 2.43. The second-order valence-corrected chi connectivity index (χ2v) is 5.56. The Morgan fingerprint density at radius 2 is 2.17 bits per heavy atom. The molecule has 0 saturated carbocycles. The molecule has 0 amide bonds. The van der Waals surface area contributed by atoms with Crippen molar-refractivity contribution in [3.05, 3.63) is 29.6 Å². The average Bonchev–Trinajstić information content (AvgIpc) is 2.35. The molecule has 7 heteroatoms. The van der Waals surface area contributed by atoms with Crippen LogP contribution >= 0.6 is 0 Å². The van der Waals surface area contributed by atoms with E-state index in [-0.39, 0.29) is 19.3 Å². The Balaban J connectivity index is 2.91. The zero-order valence-electron chi connectivity index (χ0n) is 10.2. The lowest BCUT2D eigenvalue weighted by atomic mass is 10.2. The number of halogens is 1. The normalized spacial score (nSPS) is 13.6. The highest BCUT2D eigenvalue weighted by molar-refractivity contribution is 7.89. The second kappa shape index (κ2) is 6.24. The Labute approximate surface area is 106 Å². The number of nitrogens with one attached hydrogen (secondary N) is 1. The molecule has 0 aromatic heterocycles. The summed E-state index contributed by atoms with van der Waals surface area (Å²) in [5, 5.41) is 8.82. The standard InChI is InChI=1S/C11H16FNO4S/c1-8(17-2)6-13-18(15,16)11-4-3-9(7-14)5-10(11)12/h3-5,8,13-14H,6-7H2,1-2H3. The van der Waals surface area contributed by atoms with E-state index >= 15 is 0 Å². The fraction of sp³-hybridized carbons (Fsp3) is 0.455. The summed E-state index contributed by atoms with van der Waals surface area (Å²) in [6, 6.07) is 3.48. The van der Waals surface area contributed by atoms with Gasteiger partial charge in [0.15, 0.2) is 0 Å². The van der Waals surface area contributed by atoms with Crippen molar-refractivity contribution >= 4 is 10.0 Å². The third kappa shape index (κ3) is 3.74. The molecule has 5 nitrogen and oxygen atoms in total. The van der Waals surface area contributed by atoms with Crippen molar-refractivity contribution in [1.82, 2.24) is 4.72 Å². The molecule has 2 N–H and O–H groups in total. The third-order valence-corrected chi connectivity index (χ3v) is 3.89. The summed E-state index contributed by atoms with van der Waals surface area (Å²) in [4.78, 5) is -0.442. The van der Waals surface area contributed by atoms with E-state index in [9.17, 15) is 12.8 Å². The van der Waals surface area contributed by atoms with Gasteiger partial charge in [-0.15, -0.1) is 0 Å². The lowest BCUT2D eigenvalue weighted by molar-refractivity contribution is 0.122. The summed E-state index contributed by atoms with van der Waals surface area (Å²) < 4.78 is 44.3. The monoisotopic (exact) mass is 277 g/mol. The van der Waals surface area contributed by atoms with Crippen LogP contribution in [0.15, 0.2) is 23.1 Å². The highest BCUT2D eigenvalue weighted by Crippen LogP contribution is 2.16. The second-order valence-electron chi connectivity index (χ2n) is 3.82. The predicted molar refractivity (Wildman–Crippen MR) is 64.0 cm³/mol. The molecule has 1 aromatic carbocycles. The van der Waals surface area contributed by atoms with Crippen LogP contribution in [0.1, 0.15) is 12.5 Å². The molecule has 1 unspecified atom stereocenters. The molecule has 0 fully saturated rings. The van der Waals surface area contributed by atoms with Crippen molar-refractivity contribution in [3.63, 3.8) is 0 Å². The zero-order chi connectivity index (χ0) is 13.8. The van der Waals surface area contributed by atoms with E-state index in [1.807, 2.05) is 0 Å². The van der Waals surface area contributed by atoms with Gasteiger partial charge in [0, 0.05) is 13.7 Å². The van der Waals surface area contributed by atoms with Crippen LogP contribution < -0.4 is 4.72 Å². The molecule has 0 spiro atoms. The number of ether oxygens (including phenoxy) is 1. The Bertz CT molecular complexity index is 504. The highest BCUT2D eigenvalue weighted by atomic mass is 32.2. The molecule has 1 aromatic rings. The van der Waals surface area contributed by atoms with Crippen LogP contribution in [0.3, 0.4) is 0 Å². The van der Waals surface area contributed by atoms with Gasteiger partial charge in [-0.3, -0.25) is 0 Å². The maximum absolute atomic E-state index is 13.6. The maximum atomic E-state index is 13.6. The van der Waals surface area contributed by atoms with Gasteiger partial charge in [0.05, 0.1) is 12.7 Å². The first-order valence-electron chi connectivity index (χ1n) is 5.32. The number of aliphatic hydroxyl groups excluding tert-OH is 1. The molecule has 0 saturated heterocycles. The van der Waals surface area contributed by atoms with E-state index < -0.39 is 20.7 Å². The summed E-state index contributed by atoms with van der Waals surface area (Å²) in [5.74, 6) is -0.890. The molecule has 0 aliphatic carbocycles. The number of sulfonamides is 1. The fourth-order valence-electron chi connectivity index (χ4n) is 1.25. The first kappa shape index (κ1) is 15.0. The minimum Gasteiger partial charge on any atom is -0.392 e. The van der Waals surface area contributed by atoms with Gasteiger partial charge in [0.25, 0.3) is 0 Å². The van der Waals surface area contributed by atoms with Gasteiger partial charge in [-0.1, -0.05) is 6.07 Å². The summed E-state index contributed by atoms with van der Waals surface area (Å²) in [7, 11) is -2.45. The first-order valence-corrected chi connectivity index (χ1v) is 6.80. The SMILES string of the molecule is COC(C)CNS(=O)(=O)c1ccc(CO)cc1F. The van der Waals surface area contributed by atoms with Crippen LogP contribution in [0.2, 0.25) is 0 Å². The molecule has 0 bridgehead atoms.